The van der Waals surface area contributed by atoms with E-state index in [0.29, 0.717) is 0 Å². The Morgan fingerprint density at radius 1 is 0.750 bits per heavy atom. The normalized spacial score (nSPS) is 37.5. The fraction of sp³-hybridized carbons (Fsp3) is 0.429. The van der Waals surface area contributed by atoms with Crippen molar-refractivity contribution in [2.24, 2.45) is 0 Å². The van der Waals surface area contributed by atoms with Crippen molar-refractivity contribution >= 4 is 22.7 Å². The summed E-state index contributed by atoms with van der Waals surface area (Å²) in [6, 6.07) is 4.80. The fourth-order valence-corrected chi connectivity index (χ4v) is 5.84. The average Bonchev–Trinajstić information content (AvgIpc) is 3.16. The zero-order chi connectivity index (χ0) is 10.3. The van der Waals surface area contributed by atoms with Crippen molar-refractivity contribution in [1.82, 2.24) is 0 Å². The van der Waals surface area contributed by atoms with Crippen molar-refractivity contribution < 1.29 is 0 Å². The Morgan fingerprint density at radius 2 is 1.25 bits per heavy atom. The first kappa shape index (κ1) is 8.48. The highest BCUT2D eigenvalue weighted by Crippen LogP contribution is 2.68. The molecule has 2 heteroatoms. The van der Waals surface area contributed by atoms with Crippen molar-refractivity contribution in [2.45, 2.75) is 36.5 Å². The van der Waals surface area contributed by atoms with E-state index in [-0.39, 0.29) is 0 Å². The predicted molar refractivity (Wildman–Crippen MR) is 68.8 cm³/mol. The van der Waals surface area contributed by atoms with Crippen molar-refractivity contribution in [1.29, 1.82) is 0 Å². The molecule has 3 aliphatic carbocycles. The average molecular weight is 244 g/mol. The van der Waals surface area contributed by atoms with Gasteiger partial charge in [0.15, 0.2) is 0 Å². The van der Waals surface area contributed by atoms with Crippen molar-refractivity contribution in [3.63, 3.8) is 0 Å². The van der Waals surface area contributed by atoms with Crippen LogP contribution in [0.15, 0.2) is 22.9 Å². The summed E-state index contributed by atoms with van der Waals surface area (Å²) >= 11 is 4.02. The van der Waals surface area contributed by atoms with Crippen LogP contribution in [0.5, 0.6) is 0 Å². The largest absolute Gasteiger partial charge is 0.148 e. The van der Waals surface area contributed by atoms with Crippen LogP contribution in [-0.4, -0.2) is 0 Å². The number of fused-ring (bicyclic) bond motifs is 8. The molecule has 0 aliphatic heterocycles. The Bertz CT molecular complexity index is 480. The summed E-state index contributed by atoms with van der Waals surface area (Å²) in [6.07, 6.45) is 2.83. The summed E-state index contributed by atoms with van der Waals surface area (Å²) in [5.41, 5.74) is 3.42. The van der Waals surface area contributed by atoms with Gasteiger partial charge in [0.1, 0.15) is 0 Å². The van der Waals surface area contributed by atoms with Gasteiger partial charge in [0.25, 0.3) is 0 Å². The maximum absolute atomic E-state index is 2.40. The third kappa shape index (κ3) is 0.917. The van der Waals surface area contributed by atoms with Crippen LogP contribution in [0.25, 0.3) is 0 Å². The third-order valence-electron chi connectivity index (χ3n) is 4.51. The predicted octanol–water partition coefficient (Wildman–Crippen LogP) is 4.67. The second kappa shape index (κ2) is 2.62. The third-order valence-corrected chi connectivity index (χ3v) is 6.64. The molecule has 4 atom stereocenters. The van der Waals surface area contributed by atoms with E-state index in [1.807, 2.05) is 22.7 Å². The molecule has 0 unspecified atom stereocenters. The number of hydrogen-bond acceptors (Lipinski definition) is 2. The van der Waals surface area contributed by atoms with E-state index < -0.39 is 0 Å². The zero-order valence-electron chi connectivity index (χ0n) is 8.85. The maximum Gasteiger partial charge on any atom is 0.0117 e. The van der Waals surface area contributed by atoms with Gasteiger partial charge in [0.2, 0.25) is 0 Å². The van der Waals surface area contributed by atoms with Gasteiger partial charge in [-0.2, -0.15) is 0 Å². The highest BCUT2D eigenvalue weighted by atomic mass is 32.1. The Morgan fingerprint density at radius 3 is 1.75 bits per heavy atom. The minimum Gasteiger partial charge on any atom is -0.148 e. The smallest absolute Gasteiger partial charge is 0.0117 e. The van der Waals surface area contributed by atoms with Gasteiger partial charge in [-0.3, -0.25) is 0 Å². The molecule has 80 valence electrons. The van der Waals surface area contributed by atoms with Crippen LogP contribution in [0.2, 0.25) is 0 Å². The first-order valence-corrected chi connectivity index (χ1v) is 7.84. The maximum atomic E-state index is 2.40. The summed E-state index contributed by atoms with van der Waals surface area (Å²) in [5.74, 6) is 3.51. The molecule has 2 aromatic heterocycles. The molecule has 0 amide bonds. The van der Waals surface area contributed by atoms with Gasteiger partial charge in [0, 0.05) is 21.6 Å². The molecule has 5 rings (SSSR count). The van der Waals surface area contributed by atoms with Crippen LogP contribution in [0.4, 0.5) is 0 Å². The molecule has 0 spiro atoms. The number of thiophene rings is 2. The van der Waals surface area contributed by atoms with Crippen molar-refractivity contribution in [3.8, 4) is 0 Å². The van der Waals surface area contributed by atoms with Crippen LogP contribution in [0, 0.1) is 0 Å². The SMILES string of the molecule is c1cc2c(s1)[C@@H]1C[C@@H]1c1ccsc1[C@@H]1C[C@H]21. The summed E-state index contributed by atoms with van der Waals surface area (Å²) in [5, 5.41) is 4.63. The monoisotopic (exact) mass is 244 g/mol. The van der Waals surface area contributed by atoms with E-state index >= 15 is 0 Å². The summed E-state index contributed by atoms with van der Waals surface area (Å²) in [6.45, 7) is 0. The number of hydrogen-bond donors (Lipinski definition) is 0. The first-order valence-electron chi connectivity index (χ1n) is 6.08. The van der Waals surface area contributed by atoms with E-state index in [1.165, 1.54) is 12.8 Å². The van der Waals surface area contributed by atoms with Gasteiger partial charge >= 0.3 is 0 Å². The van der Waals surface area contributed by atoms with Gasteiger partial charge < -0.3 is 0 Å². The molecule has 2 aromatic rings. The lowest BCUT2D eigenvalue weighted by atomic mass is 9.99. The Kier molecular flexibility index (Phi) is 1.39. The Hall–Kier alpha value is -0.600. The fourth-order valence-electron chi connectivity index (χ4n) is 3.53. The highest BCUT2D eigenvalue weighted by Gasteiger charge is 2.52. The van der Waals surface area contributed by atoms with Gasteiger partial charge in [-0.15, -0.1) is 22.7 Å². The van der Waals surface area contributed by atoms with Gasteiger partial charge in [-0.05, 0) is 58.7 Å². The molecule has 2 saturated carbocycles. The molecule has 0 aromatic carbocycles. The van der Waals surface area contributed by atoms with Crippen LogP contribution in [0.1, 0.15) is 57.4 Å². The number of rotatable bonds is 0. The zero-order valence-corrected chi connectivity index (χ0v) is 10.5. The van der Waals surface area contributed by atoms with E-state index in [2.05, 4.69) is 22.9 Å². The van der Waals surface area contributed by atoms with E-state index in [4.69, 9.17) is 0 Å². The van der Waals surface area contributed by atoms with Crippen LogP contribution in [-0.2, 0) is 0 Å². The lowest BCUT2D eigenvalue weighted by Gasteiger charge is -2.08. The minimum atomic E-state index is 0.875. The molecule has 16 heavy (non-hydrogen) atoms. The van der Waals surface area contributed by atoms with Crippen LogP contribution < -0.4 is 0 Å². The molecule has 0 saturated heterocycles. The topological polar surface area (TPSA) is 0 Å². The van der Waals surface area contributed by atoms with Crippen LogP contribution >= 0.6 is 22.7 Å². The minimum absolute atomic E-state index is 0.875. The standard InChI is InChI=1S/C14H12S2/c1-3-15-13-7(1)9-5-11(9)14-8(2-4-16-14)10-6-12(10)13/h1-4,9-12H,5-6H2/t9-,10-,11-,12-/m1/s1. The quantitative estimate of drug-likeness (QED) is 0.632. The summed E-state index contributed by atoms with van der Waals surface area (Å²) in [4.78, 5) is 3.46. The molecule has 2 fully saturated rings. The van der Waals surface area contributed by atoms with Gasteiger partial charge in [-0.25, -0.2) is 0 Å². The molecular formula is C14H12S2. The van der Waals surface area contributed by atoms with Crippen LogP contribution in [0.3, 0.4) is 0 Å². The summed E-state index contributed by atoms with van der Waals surface area (Å²) in [7, 11) is 0. The molecule has 3 aliphatic rings. The second-order valence-electron chi connectivity index (χ2n) is 5.38. The van der Waals surface area contributed by atoms with Gasteiger partial charge in [-0.1, -0.05) is 0 Å². The molecule has 0 radical (unpaired) electrons. The Balaban J connectivity index is 1.76. The lowest BCUT2D eigenvalue weighted by molar-refractivity contribution is 0.938. The highest BCUT2D eigenvalue weighted by molar-refractivity contribution is 7.10. The van der Waals surface area contributed by atoms with E-state index in [0.717, 1.165) is 23.7 Å². The van der Waals surface area contributed by atoms with Crippen molar-refractivity contribution in [2.75, 3.05) is 0 Å². The van der Waals surface area contributed by atoms with Crippen molar-refractivity contribution in [3.05, 3.63) is 43.8 Å². The molecule has 2 heterocycles. The second-order valence-corrected chi connectivity index (χ2v) is 7.27. The molecular weight excluding hydrogens is 232 g/mol. The Labute approximate surface area is 103 Å². The first-order chi connectivity index (χ1) is 7.93. The molecule has 0 bridgehead atoms. The lowest BCUT2D eigenvalue weighted by Crippen LogP contribution is -1.93. The van der Waals surface area contributed by atoms with E-state index in [9.17, 15) is 0 Å². The van der Waals surface area contributed by atoms with E-state index in [1.54, 1.807) is 20.9 Å². The molecule has 0 N–H and O–H groups in total. The molecule has 0 nitrogen and oxygen atoms in total. The van der Waals surface area contributed by atoms with Gasteiger partial charge in [0.05, 0.1) is 0 Å². The summed E-state index contributed by atoms with van der Waals surface area (Å²) < 4.78 is 0.